The minimum atomic E-state index is -3.70. The smallest absolute Gasteiger partial charge is 0.241 e. The molecule has 1 aromatic carbocycles. The molecule has 0 fully saturated rings. The average molecular weight is 390 g/mol. The van der Waals surface area contributed by atoms with E-state index in [0.29, 0.717) is 22.8 Å². The second kappa shape index (κ2) is 7.45. The van der Waals surface area contributed by atoms with E-state index in [1.165, 1.54) is 13.0 Å². The number of sulfonamides is 1. The number of benzene rings is 1. The number of hydrogen-bond acceptors (Lipinski definition) is 5. The molecule has 6 nitrogen and oxygen atoms in total. The maximum absolute atomic E-state index is 12.6. The van der Waals surface area contributed by atoms with Crippen LogP contribution in [0.4, 0.5) is 5.69 Å². The van der Waals surface area contributed by atoms with Crippen molar-refractivity contribution < 1.29 is 17.6 Å². The van der Waals surface area contributed by atoms with E-state index in [-0.39, 0.29) is 17.3 Å². The van der Waals surface area contributed by atoms with Gasteiger partial charge in [0.1, 0.15) is 11.5 Å². The van der Waals surface area contributed by atoms with Crippen LogP contribution in [-0.2, 0) is 21.4 Å². The van der Waals surface area contributed by atoms with E-state index < -0.39 is 10.0 Å². The van der Waals surface area contributed by atoms with Gasteiger partial charge in [0.15, 0.2) is 0 Å². The number of nitrogens with one attached hydrogen (secondary N) is 2. The van der Waals surface area contributed by atoms with Gasteiger partial charge >= 0.3 is 0 Å². The summed E-state index contributed by atoms with van der Waals surface area (Å²) in [5.41, 5.74) is 2.07. The first-order valence-electron chi connectivity index (χ1n) is 7.84. The van der Waals surface area contributed by atoms with E-state index >= 15 is 0 Å². The van der Waals surface area contributed by atoms with E-state index in [4.69, 9.17) is 4.42 Å². The number of carbonyl (C=O) groups is 1. The first kappa shape index (κ1) is 18.4. The SMILES string of the molecule is CC(=O)Nc1ccc(S(=O)(=O)NCc2ccc(-c3ccsc3)o2)c(C)c1. The van der Waals surface area contributed by atoms with Crippen LogP contribution in [-0.4, -0.2) is 14.3 Å². The fourth-order valence-corrected chi connectivity index (χ4v) is 4.37. The van der Waals surface area contributed by atoms with Crippen LogP contribution in [0.1, 0.15) is 18.2 Å². The van der Waals surface area contributed by atoms with Crippen LogP contribution in [0.5, 0.6) is 0 Å². The standard InChI is InChI=1S/C18H18N2O4S2/c1-12-9-15(20-13(2)21)3-6-18(12)26(22,23)19-10-16-4-5-17(24-16)14-7-8-25-11-14/h3-9,11,19H,10H2,1-2H3,(H,20,21). The summed E-state index contributed by atoms with van der Waals surface area (Å²) in [7, 11) is -3.70. The molecule has 0 spiro atoms. The second-order valence-electron chi connectivity index (χ2n) is 5.76. The van der Waals surface area contributed by atoms with Crippen LogP contribution in [0.3, 0.4) is 0 Å². The Balaban J connectivity index is 1.72. The van der Waals surface area contributed by atoms with Crippen molar-refractivity contribution in [3.05, 3.63) is 58.5 Å². The van der Waals surface area contributed by atoms with Gasteiger partial charge in [-0.3, -0.25) is 4.79 Å². The highest BCUT2D eigenvalue weighted by Gasteiger charge is 2.18. The van der Waals surface area contributed by atoms with Gasteiger partial charge in [0.25, 0.3) is 0 Å². The maximum Gasteiger partial charge on any atom is 0.241 e. The van der Waals surface area contributed by atoms with E-state index in [0.717, 1.165) is 5.56 Å². The van der Waals surface area contributed by atoms with Crippen molar-refractivity contribution in [3.63, 3.8) is 0 Å². The van der Waals surface area contributed by atoms with E-state index in [1.807, 2.05) is 22.9 Å². The molecule has 136 valence electrons. The molecule has 8 heteroatoms. The number of carbonyl (C=O) groups excluding carboxylic acids is 1. The van der Waals surface area contributed by atoms with Crippen molar-refractivity contribution in [3.8, 4) is 11.3 Å². The van der Waals surface area contributed by atoms with Gasteiger partial charge in [-0.15, -0.1) is 0 Å². The van der Waals surface area contributed by atoms with Crippen molar-refractivity contribution in [2.45, 2.75) is 25.3 Å². The Morgan fingerprint density at radius 3 is 2.65 bits per heavy atom. The Morgan fingerprint density at radius 1 is 1.19 bits per heavy atom. The van der Waals surface area contributed by atoms with E-state index in [1.54, 1.807) is 36.5 Å². The number of furan rings is 1. The fourth-order valence-electron chi connectivity index (χ4n) is 2.51. The normalized spacial score (nSPS) is 11.5. The number of amides is 1. The molecule has 0 aliphatic rings. The largest absolute Gasteiger partial charge is 0.460 e. The Kier molecular flexibility index (Phi) is 5.26. The lowest BCUT2D eigenvalue weighted by molar-refractivity contribution is -0.114. The summed E-state index contributed by atoms with van der Waals surface area (Å²) in [4.78, 5) is 11.3. The monoisotopic (exact) mass is 390 g/mol. The molecule has 26 heavy (non-hydrogen) atoms. The molecular formula is C18H18N2O4S2. The Labute approximate surface area is 155 Å². The number of rotatable bonds is 6. The highest BCUT2D eigenvalue weighted by atomic mass is 32.2. The van der Waals surface area contributed by atoms with Crippen molar-refractivity contribution in [2.75, 3.05) is 5.32 Å². The number of anilines is 1. The van der Waals surface area contributed by atoms with Crippen LogP contribution in [0.25, 0.3) is 11.3 Å². The number of aryl methyl sites for hydroxylation is 1. The van der Waals surface area contributed by atoms with Gasteiger partial charge in [-0.2, -0.15) is 11.3 Å². The fraction of sp³-hybridized carbons (Fsp3) is 0.167. The zero-order chi connectivity index (χ0) is 18.7. The first-order chi connectivity index (χ1) is 12.3. The molecule has 0 bridgehead atoms. The van der Waals surface area contributed by atoms with E-state index in [2.05, 4.69) is 10.0 Å². The van der Waals surface area contributed by atoms with Gasteiger partial charge < -0.3 is 9.73 Å². The number of thiophene rings is 1. The minimum absolute atomic E-state index is 0.0549. The predicted molar refractivity (Wildman–Crippen MR) is 102 cm³/mol. The summed E-state index contributed by atoms with van der Waals surface area (Å²) in [5, 5.41) is 6.55. The second-order valence-corrected chi connectivity index (χ2v) is 8.28. The first-order valence-corrected chi connectivity index (χ1v) is 10.3. The zero-order valence-electron chi connectivity index (χ0n) is 14.3. The lowest BCUT2D eigenvalue weighted by Gasteiger charge is -2.10. The summed E-state index contributed by atoms with van der Waals surface area (Å²) in [6.45, 7) is 3.13. The topological polar surface area (TPSA) is 88.4 Å². The Hall–Kier alpha value is -2.42. The Morgan fingerprint density at radius 2 is 2.00 bits per heavy atom. The average Bonchev–Trinajstić information content (AvgIpc) is 3.23. The van der Waals surface area contributed by atoms with Crippen molar-refractivity contribution in [1.82, 2.24) is 4.72 Å². The molecule has 0 radical (unpaired) electrons. The third-order valence-corrected chi connectivity index (χ3v) is 5.93. The molecule has 3 aromatic rings. The van der Waals surface area contributed by atoms with E-state index in [9.17, 15) is 13.2 Å². The Bertz CT molecular complexity index is 1020. The van der Waals surface area contributed by atoms with Gasteiger partial charge in [-0.05, 0) is 54.3 Å². The lowest BCUT2D eigenvalue weighted by Crippen LogP contribution is -2.23. The van der Waals surface area contributed by atoms with Gasteiger partial charge in [0.05, 0.1) is 11.4 Å². The summed E-state index contributed by atoms with van der Waals surface area (Å²) in [6, 6.07) is 10.2. The van der Waals surface area contributed by atoms with Gasteiger partial charge in [0.2, 0.25) is 15.9 Å². The molecule has 0 aliphatic heterocycles. The summed E-state index contributed by atoms with van der Waals surface area (Å²) in [5.74, 6) is 1.02. The van der Waals surface area contributed by atoms with Gasteiger partial charge in [0, 0.05) is 23.6 Å². The molecule has 2 aromatic heterocycles. The maximum atomic E-state index is 12.6. The predicted octanol–water partition coefficient (Wildman–Crippen LogP) is 3.75. The summed E-state index contributed by atoms with van der Waals surface area (Å²) in [6.07, 6.45) is 0. The molecule has 3 rings (SSSR count). The van der Waals surface area contributed by atoms with Gasteiger partial charge in [-0.25, -0.2) is 13.1 Å². The van der Waals surface area contributed by atoms with Crippen LogP contribution < -0.4 is 10.0 Å². The quantitative estimate of drug-likeness (QED) is 0.671. The molecule has 0 unspecified atom stereocenters. The highest BCUT2D eigenvalue weighted by Crippen LogP contribution is 2.25. The van der Waals surface area contributed by atoms with Crippen LogP contribution in [0, 0.1) is 6.92 Å². The van der Waals surface area contributed by atoms with Crippen molar-refractivity contribution in [1.29, 1.82) is 0 Å². The molecule has 0 saturated heterocycles. The molecule has 2 heterocycles. The third kappa shape index (κ3) is 4.21. The van der Waals surface area contributed by atoms with Crippen molar-refractivity contribution in [2.24, 2.45) is 0 Å². The highest BCUT2D eigenvalue weighted by molar-refractivity contribution is 7.89. The van der Waals surface area contributed by atoms with Crippen molar-refractivity contribution >= 4 is 33.0 Å². The minimum Gasteiger partial charge on any atom is -0.460 e. The van der Waals surface area contributed by atoms with Crippen LogP contribution in [0.2, 0.25) is 0 Å². The third-order valence-electron chi connectivity index (χ3n) is 3.69. The summed E-state index contributed by atoms with van der Waals surface area (Å²) >= 11 is 1.57. The summed E-state index contributed by atoms with van der Waals surface area (Å²) < 4.78 is 33.3. The van der Waals surface area contributed by atoms with Crippen LogP contribution in [0.15, 0.2) is 56.5 Å². The lowest BCUT2D eigenvalue weighted by atomic mass is 10.2. The zero-order valence-corrected chi connectivity index (χ0v) is 15.9. The molecule has 1 amide bonds. The molecule has 2 N–H and O–H groups in total. The molecule has 0 aliphatic carbocycles. The molecular weight excluding hydrogens is 372 g/mol. The van der Waals surface area contributed by atoms with Crippen LogP contribution >= 0.6 is 11.3 Å². The molecule has 0 atom stereocenters. The van der Waals surface area contributed by atoms with Gasteiger partial charge in [-0.1, -0.05) is 0 Å². The number of hydrogen-bond donors (Lipinski definition) is 2. The molecule has 0 saturated carbocycles.